The molecule has 1 unspecified atom stereocenters. The molecule has 25 heavy (non-hydrogen) atoms. The molecular weight excluding hydrogens is 318 g/mol. The first-order chi connectivity index (χ1) is 11.7. The number of phenolic OH excluding ortho intramolecular Hbond substituents is 1. The van der Waals surface area contributed by atoms with Crippen LogP contribution < -0.4 is 4.74 Å². The van der Waals surface area contributed by atoms with Gasteiger partial charge in [0.2, 0.25) is 5.91 Å². The van der Waals surface area contributed by atoms with Crippen LogP contribution in [0.25, 0.3) is 6.08 Å². The molecule has 1 N–H and O–H groups in total. The number of nitrogens with zero attached hydrogens (tertiary/aromatic N) is 1. The Hall–Kier alpha value is -2.01. The Morgan fingerprint density at radius 2 is 1.92 bits per heavy atom. The lowest BCUT2D eigenvalue weighted by Gasteiger charge is -2.25. The van der Waals surface area contributed by atoms with E-state index < -0.39 is 6.29 Å². The number of phenols is 1. The van der Waals surface area contributed by atoms with Gasteiger partial charge in [0, 0.05) is 30.8 Å². The van der Waals surface area contributed by atoms with Crippen LogP contribution in [-0.4, -0.2) is 40.9 Å². The molecule has 1 aliphatic rings. The summed E-state index contributed by atoms with van der Waals surface area (Å²) < 4.78 is 11.4. The van der Waals surface area contributed by atoms with E-state index in [1.165, 1.54) is 18.6 Å². The highest BCUT2D eigenvalue weighted by Crippen LogP contribution is 2.26. The molecule has 1 heterocycles. The Kier molecular flexibility index (Phi) is 6.48. The van der Waals surface area contributed by atoms with Crippen LogP contribution >= 0.6 is 0 Å². The van der Waals surface area contributed by atoms with Gasteiger partial charge in [0.1, 0.15) is 11.5 Å². The molecule has 0 radical (unpaired) electrons. The molecule has 0 bridgehead atoms. The molecule has 1 aliphatic heterocycles. The second kappa shape index (κ2) is 8.39. The summed E-state index contributed by atoms with van der Waals surface area (Å²) in [7, 11) is 0. The maximum atomic E-state index is 12.1. The van der Waals surface area contributed by atoms with Gasteiger partial charge in [-0.25, -0.2) is 0 Å². The molecule has 1 atom stereocenters. The molecule has 1 amide bonds. The van der Waals surface area contributed by atoms with Crippen LogP contribution in [0.3, 0.4) is 0 Å². The average molecular weight is 347 g/mol. The highest BCUT2D eigenvalue weighted by atomic mass is 16.7. The minimum absolute atomic E-state index is 0.00775. The van der Waals surface area contributed by atoms with Gasteiger partial charge in [0.25, 0.3) is 0 Å². The summed E-state index contributed by atoms with van der Waals surface area (Å²) in [5.74, 6) is 0.587. The standard InChI is InChI=1S/C20H29NO4/c1-15(25-20(2,3)4)24-17-10-8-16(18(22)14-17)9-11-19(23)21-12-6-5-7-13-21/h8-11,14-15,22H,5-7,12-13H2,1-4H3/b11-9+. The maximum absolute atomic E-state index is 12.1. The van der Waals surface area contributed by atoms with Gasteiger partial charge in [0.05, 0.1) is 5.60 Å². The van der Waals surface area contributed by atoms with Gasteiger partial charge >= 0.3 is 0 Å². The smallest absolute Gasteiger partial charge is 0.246 e. The first kappa shape index (κ1) is 19.3. The van der Waals surface area contributed by atoms with Crippen LogP contribution in [0.1, 0.15) is 52.5 Å². The summed E-state index contributed by atoms with van der Waals surface area (Å²) in [5, 5.41) is 10.2. The number of hydrogen-bond donors (Lipinski definition) is 1. The second-order valence-electron chi connectivity index (χ2n) is 7.36. The molecule has 1 aromatic carbocycles. The average Bonchev–Trinajstić information content (AvgIpc) is 2.52. The van der Waals surface area contributed by atoms with Crippen molar-refractivity contribution in [1.82, 2.24) is 4.90 Å². The van der Waals surface area contributed by atoms with Crippen molar-refractivity contribution in [2.24, 2.45) is 0 Å². The van der Waals surface area contributed by atoms with Crippen LogP contribution in [0, 0.1) is 0 Å². The molecule has 0 aromatic heterocycles. The molecule has 1 saturated heterocycles. The first-order valence-electron chi connectivity index (χ1n) is 8.89. The highest BCUT2D eigenvalue weighted by molar-refractivity contribution is 5.92. The summed E-state index contributed by atoms with van der Waals surface area (Å²) >= 11 is 0. The summed E-state index contributed by atoms with van der Waals surface area (Å²) in [6.45, 7) is 9.31. The van der Waals surface area contributed by atoms with Crippen molar-refractivity contribution in [3.05, 3.63) is 29.8 Å². The van der Waals surface area contributed by atoms with E-state index in [0.29, 0.717) is 11.3 Å². The van der Waals surface area contributed by atoms with Gasteiger partial charge in [-0.1, -0.05) is 0 Å². The van der Waals surface area contributed by atoms with Crippen LogP contribution in [-0.2, 0) is 9.53 Å². The Balaban J connectivity index is 1.96. The Bertz CT molecular complexity index is 613. The number of piperidine rings is 1. The van der Waals surface area contributed by atoms with Crippen molar-refractivity contribution in [1.29, 1.82) is 0 Å². The van der Waals surface area contributed by atoms with Crippen molar-refractivity contribution in [2.45, 2.75) is 58.8 Å². The number of ether oxygens (including phenoxy) is 2. The predicted octanol–water partition coefficient (Wildman–Crippen LogP) is 3.96. The van der Waals surface area contributed by atoms with Gasteiger partial charge in [-0.3, -0.25) is 4.79 Å². The molecule has 138 valence electrons. The van der Waals surface area contributed by atoms with Gasteiger partial charge in [-0.05, 0) is 65.2 Å². The summed E-state index contributed by atoms with van der Waals surface area (Å²) in [4.78, 5) is 14.0. The summed E-state index contributed by atoms with van der Waals surface area (Å²) in [5.41, 5.74) is 0.279. The third-order valence-electron chi connectivity index (χ3n) is 3.90. The minimum atomic E-state index is -0.429. The molecule has 0 spiro atoms. The fourth-order valence-electron chi connectivity index (χ4n) is 2.83. The van der Waals surface area contributed by atoms with E-state index >= 15 is 0 Å². The Morgan fingerprint density at radius 3 is 2.52 bits per heavy atom. The topological polar surface area (TPSA) is 59.0 Å². The number of amides is 1. The lowest BCUT2D eigenvalue weighted by Crippen LogP contribution is -2.34. The number of carbonyl (C=O) groups is 1. The van der Waals surface area contributed by atoms with Gasteiger partial charge in [0.15, 0.2) is 6.29 Å². The van der Waals surface area contributed by atoms with E-state index in [0.717, 1.165) is 25.9 Å². The molecule has 5 heteroatoms. The highest BCUT2D eigenvalue weighted by Gasteiger charge is 2.17. The molecule has 1 aromatic rings. The zero-order valence-corrected chi connectivity index (χ0v) is 15.6. The van der Waals surface area contributed by atoms with Crippen molar-refractivity contribution in [3.8, 4) is 11.5 Å². The largest absolute Gasteiger partial charge is 0.507 e. The number of carbonyl (C=O) groups excluding carboxylic acids is 1. The fraction of sp³-hybridized carbons (Fsp3) is 0.550. The molecule has 0 saturated carbocycles. The van der Waals surface area contributed by atoms with Crippen molar-refractivity contribution in [2.75, 3.05) is 13.1 Å². The maximum Gasteiger partial charge on any atom is 0.246 e. The third kappa shape index (κ3) is 6.42. The van der Waals surface area contributed by atoms with E-state index in [9.17, 15) is 9.90 Å². The molecule has 1 fully saturated rings. The summed E-state index contributed by atoms with van der Waals surface area (Å²) in [6.07, 6.45) is 6.04. The monoisotopic (exact) mass is 347 g/mol. The van der Waals surface area contributed by atoms with E-state index in [1.807, 2.05) is 32.6 Å². The van der Waals surface area contributed by atoms with Crippen LogP contribution in [0.15, 0.2) is 24.3 Å². The Morgan fingerprint density at radius 1 is 1.24 bits per heavy atom. The zero-order valence-electron chi connectivity index (χ0n) is 15.6. The Labute approximate surface area is 150 Å². The number of hydrogen-bond acceptors (Lipinski definition) is 4. The number of likely N-dealkylation sites (tertiary alicyclic amines) is 1. The van der Waals surface area contributed by atoms with Crippen molar-refractivity contribution in [3.63, 3.8) is 0 Å². The molecular formula is C20H29NO4. The van der Waals surface area contributed by atoms with Crippen LogP contribution in [0.2, 0.25) is 0 Å². The van der Waals surface area contributed by atoms with Crippen LogP contribution in [0.5, 0.6) is 11.5 Å². The van der Waals surface area contributed by atoms with E-state index in [-0.39, 0.29) is 17.3 Å². The van der Waals surface area contributed by atoms with E-state index in [2.05, 4.69) is 0 Å². The van der Waals surface area contributed by atoms with Crippen molar-refractivity contribution < 1.29 is 19.4 Å². The van der Waals surface area contributed by atoms with E-state index in [1.54, 1.807) is 18.2 Å². The lowest BCUT2D eigenvalue weighted by atomic mass is 10.1. The fourth-order valence-corrected chi connectivity index (χ4v) is 2.83. The first-order valence-corrected chi connectivity index (χ1v) is 8.89. The lowest BCUT2D eigenvalue weighted by molar-refractivity contribution is -0.140. The van der Waals surface area contributed by atoms with Gasteiger partial charge < -0.3 is 19.5 Å². The third-order valence-corrected chi connectivity index (χ3v) is 3.90. The number of aromatic hydroxyl groups is 1. The van der Waals surface area contributed by atoms with E-state index in [4.69, 9.17) is 9.47 Å². The number of rotatable bonds is 5. The molecule has 5 nitrogen and oxygen atoms in total. The quantitative estimate of drug-likeness (QED) is 0.647. The molecule has 0 aliphatic carbocycles. The minimum Gasteiger partial charge on any atom is -0.507 e. The number of benzene rings is 1. The van der Waals surface area contributed by atoms with Gasteiger partial charge in [-0.15, -0.1) is 0 Å². The normalized spacial score (nSPS) is 16.9. The summed E-state index contributed by atoms with van der Waals surface area (Å²) in [6, 6.07) is 5.02. The van der Waals surface area contributed by atoms with Crippen molar-refractivity contribution >= 4 is 12.0 Å². The predicted molar refractivity (Wildman–Crippen MR) is 98.5 cm³/mol. The zero-order chi connectivity index (χ0) is 18.4. The second-order valence-corrected chi connectivity index (χ2v) is 7.36. The van der Waals surface area contributed by atoms with Crippen LogP contribution in [0.4, 0.5) is 0 Å². The SMILES string of the molecule is CC(Oc1ccc(/C=C/C(=O)N2CCCCC2)c(O)c1)OC(C)(C)C. The molecule has 2 rings (SSSR count). The van der Waals surface area contributed by atoms with Gasteiger partial charge in [-0.2, -0.15) is 0 Å².